The molecule has 0 bridgehead atoms. The average Bonchev–Trinajstić information content (AvgIpc) is 2.41. The van der Waals surface area contributed by atoms with Gasteiger partial charge in [0.2, 0.25) is 0 Å². The summed E-state index contributed by atoms with van der Waals surface area (Å²) in [5.41, 5.74) is 6.87. The molecule has 1 atom stereocenters. The van der Waals surface area contributed by atoms with E-state index < -0.39 is 5.41 Å². The highest BCUT2D eigenvalue weighted by Crippen LogP contribution is 2.32. The predicted molar refractivity (Wildman–Crippen MR) is 70.2 cm³/mol. The van der Waals surface area contributed by atoms with Crippen LogP contribution in [0.4, 0.5) is 0 Å². The number of carbonyl (C=O) groups excluding carboxylic acids is 1. The van der Waals surface area contributed by atoms with Crippen molar-refractivity contribution in [2.24, 2.45) is 5.73 Å². The third-order valence-electron chi connectivity index (χ3n) is 3.35. The first-order chi connectivity index (χ1) is 8.62. The highest BCUT2D eigenvalue weighted by molar-refractivity contribution is 5.84. The Bertz CT molecular complexity index is 406. The SMILES string of the molecule is COC(=O)C(CN)(CCCO)c1ccccc1C. The number of ether oxygens (including phenoxy) is 1. The fraction of sp³-hybridized carbons (Fsp3) is 0.500. The molecule has 0 spiro atoms. The second kappa shape index (κ2) is 6.52. The Morgan fingerprint density at radius 2 is 2.11 bits per heavy atom. The molecule has 100 valence electrons. The molecule has 18 heavy (non-hydrogen) atoms. The summed E-state index contributed by atoms with van der Waals surface area (Å²) in [5, 5.41) is 9.00. The molecule has 1 aromatic carbocycles. The van der Waals surface area contributed by atoms with Gasteiger partial charge in [-0.25, -0.2) is 0 Å². The Hall–Kier alpha value is -1.39. The normalized spacial score (nSPS) is 14.0. The lowest BCUT2D eigenvalue weighted by molar-refractivity contribution is -0.147. The molecule has 0 saturated heterocycles. The number of rotatable bonds is 6. The fourth-order valence-corrected chi connectivity index (χ4v) is 2.33. The number of hydrogen-bond donors (Lipinski definition) is 2. The molecule has 0 aliphatic carbocycles. The van der Waals surface area contributed by atoms with Crippen molar-refractivity contribution in [1.82, 2.24) is 0 Å². The van der Waals surface area contributed by atoms with Gasteiger partial charge in [0.15, 0.2) is 0 Å². The molecule has 0 heterocycles. The number of aliphatic hydroxyl groups excluding tert-OH is 1. The largest absolute Gasteiger partial charge is 0.468 e. The first-order valence-corrected chi connectivity index (χ1v) is 6.08. The van der Waals surface area contributed by atoms with Gasteiger partial charge in [-0.1, -0.05) is 24.3 Å². The van der Waals surface area contributed by atoms with Crippen LogP contribution >= 0.6 is 0 Å². The lowest BCUT2D eigenvalue weighted by Gasteiger charge is -2.31. The lowest BCUT2D eigenvalue weighted by atomic mass is 9.75. The summed E-state index contributed by atoms with van der Waals surface area (Å²) in [6.07, 6.45) is 0.998. The first-order valence-electron chi connectivity index (χ1n) is 6.08. The van der Waals surface area contributed by atoms with Crippen molar-refractivity contribution >= 4 is 5.97 Å². The molecule has 3 N–H and O–H groups in total. The third kappa shape index (κ3) is 2.71. The second-order valence-corrected chi connectivity index (χ2v) is 4.42. The van der Waals surface area contributed by atoms with Crippen molar-refractivity contribution in [1.29, 1.82) is 0 Å². The first kappa shape index (κ1) is 14.7. The minimum absolute atomic E-state index is 0.0324. The highest BCUT2D eigenvalue weighted by Gasteiger charge is 2.40. The van der Waals surface area contributed by atoms with Crippen LogP contribution < -0.4 is 5.73 Å². The zero-order chi connectivity index (χ0) is 13.6. The summed E-state index contributed by atoms with van der Waals surface area (Å²) < 4.78 is 4.91. The van der Waals surface area contributed by atoms with E-state index in [0.717, 1.165) is 11.1 Å². The van der Waals surface area contributed by atoms with Crippen molar-refractivity contribution in [3.8, 4) is 0 Å². The molecular weight excluding hydrogens is 230 g/mol. The quantitative estimate of drug-likeness (QED) is 0.744. The summed E-state index contributed by atoms with van der Waals surface area (Å²) in [5.74, 6) is -0.340. The predicted octanol–water partition coefficient (Wildman–Crippen LogP) is 1.14. The summed E-state index contributed by atoms with van der Waals surface area (Å²) in [6, 6.07) is 7.65. The highest BCUT2D eigenvalue weighted by atomic mass is 16.5. The Morgan fingerprint density at radius 3 is 2.61 bits per heavy atom. The number of aliphatic hydroxyl groups is 1. The van der Waals surface area contributed by atoms with E-state index in [1.807, 2.05) is 31.2 Å². The van der Waals surface area contributed by atoms with Gasteiger partial charge in [0.25, 0.3) is 0 Å². The van der Waals surface area contributed by atoms with Gasteiger partial charge in [0.1, 0.15) is 5.41 Å². The van der Waals surface area contributed by atoms with Crippen LogP contribution in [-0.4, -0.2) is 31.3 Å². The van der Waals surface area contributed by atoms with Crippen molar-refractivity contribution in [3.63, 3.8) is 0 Å². The Labute approximate surface area is 108 Å². The van der Waals surface area contributed by atoms with E-state index in [1.54, 1.807) is 0 Å². The number of hydrogen-bond acceptors (Lipinski definition) is 4. The van der Waals surface area contributed by atoms with Crippen LogP contribution in [0.1, 0.15) is 24.0 Å². The van der Waals surface area contributed by atoms with Gasteiger partial charge in [-0.3, -0.25) is 4.79 Å². The van der Waals surface area contributed by atoms with Crippen molar-refractivity contribution in [2.75, 3.05) is 20.3 Å². The van der Waals surface area contributed by atoms with Crippen molar-refractivity contribution in [3.05, 3.63) is 35.4 Å². The van der Waals surface area contributed by atoms with Crippen LogP contribution in [0.25, 0.3) is 0 Å². The van der Waals surface area contributed by atoms with Gasteiger partial charge in [-0.05, 0) is 30.9 Å². The zero-order valence-corrected chi connectivity index (χ0v) is 11.0. The molecule has 1 aromatic rings. The van der Waals surface area contributed by atoms with Gasteiger partial charge in [0, 0.05) is 13.2 Å². The molecule has 4 heteroatoms. The Balaban J connectivity index is 3.25. The third-order valence-corrected chi connectivity index (χ3v) is 3.35. The van der Waals surface area contributed by atoms with Crippen LogP contribution in [-0.2, 0) is 14.9 Å². The molecule has 0 amide bonds. The minimum Gasteiger partial charge on any atom is -0.468 e. The van der Waals surface area contributed by atoms with Gasteiger partial charge in [-0.15, -0.1) is 0 Å². The second-order valence-electron chi connectivity index (χ2n) is 4.42. The van der Waals surface area contributed by atoms with E-state index in [2.05, 4.69) is 0 Å². The molecule has 1 rings (SSSR count). The van der Waals surface area contributed by atoms with E-state index in [-0.39, 0.29) is 19.1 Å². The summed E-state index contributed by atoms with van der Waals surface area (Å²) >= 11 is 0. The van der Waals surface area contributed by atoms with E-state index in [0.29, 0.717) is 12.8 Å². The van der Waals surface area contributed by atoms with E-state index >= 15 is 0 Å². The molecule has 0 aliphatic rings. The van der Waals surface area contributed by atoms with Crippen LogP contribution in [0.15, 0.2) is 24.3 Å². The van der Waals surface area contributed by atoms with Gasteiger partial charge in [-0.2, -0.15) is 0 Å². The number of carbonyl (C=O) groups is 1. The summed E-state index contributed by atoms with van der Waals surface area (Å²) in [4.78, 5) is 12.1. The standard InChI is InChI=1S/C14H21NO3/c1-11-6-3-4-7-12(11)14(10-15,8-5-9-16)13(17)18-2/h3-4,6-7,16H,5,8-10,15H2,1-2H3. The van der Waals surface area contributed by atoms with E-state index in [1.165, 1.54) is 7.11 Å². The number of benzene rings is 1. The average molecular weight is 251 g/mol. The molecule has 0 aromatic heterocycles. The molecular formula is C14H21NO3. The van der Waals surface area contributed by atoms with Gasteiger partial charge < -0.3 is 15.6 Å². The fourth-order valence-electron chi connectivity index (χ4n) is 2.33. The van der Waals surface area contributed by atoms with Crippen molar-refractivity contribution in [2.45, 2.75) is 25.2 Å². The lowest BCUT2D eigenvalue weighted by Crippen LogP contribution is -2.44. The number of esters is 1. The maximum Gasteiger partial charge on any atom is 0.317 e. The monoisotopic (exact) mass is 251 g/mol. The minimum atomic E-state index is -0.858. The van der Waals surface area contributed by atoms with Crippen LogP contribution in [0.2, 0.25) is 0 Å². The summed E-state index contributed by atoms with van der Waals surface area (Å²) in [7, 11) is 1.37. The van der Waals surface area contributed by atoms with E-state index in [4.69, 9.17) is 15.6 Å². The molecule has 4 nitrogen and oxygen atoms in total. The Morgan fingerprint density at radius 1 is 1.44 bits per heavy atom. The van der Waals surface area contributed by atoms with Crippen molar-refractivity contribution < 1.29 is 14.6 Å². The number of aryl methyl sites for hydroxylation is 1. The topological polar surface area (TPSA) is 72.5 Å². The number of methoxy groups -OCH3 is 1. The molecule has 0 fully saturated rings. The van der Waals surface area contributed by atoms with E-state index in [9.17, 15) is 4.79 Å². The van der Waals surface area contributed by atoms with Gasteiger partial charge in [0.05, 0.1) is 7.11 Å². The number of nitrogens with two attached hydrogens (primary N) is 1. The van der Waals surface area contributed by atoms with Gasteiger partial charge >= 0.3 is 5.97 Å². The maximum absolute atomic E-state index is 12.1. The molecule has 1 unspecified atom stereocenters. The molecule has 0 saturated carbocycles. The van der Waals surface area contributed by atoms with Crippen LogP contribution in [0, 0.1) is 6.92 Å². The maximum atomic E-state index is 12.1. The summed E-state index contributed by atoms with van der Waals surface area (Å²) in [6.45, 7) is 2.15. The zero-order valence-electron chi connectivity index (χ0n) is 11.0. The smallest absolute Gasteiger partial charge is 0.317 e. The Kier molecular flexibility index (Phi) is 5.31. The molecule has 0 aliphatic heterocycles. The van der Waals surface area contributed by atoms with Crippen LogP contribution in [0.5, 0.6) is 0 Å². The van der Waals surface area contributed by atoms with Crippen LogP contribution in [0.3, 0.4) is 0 Å². The molecule has 0 radical (unpaired) electrons.